The predicted molar refractivity (Wildman–Crippen MR) is 128 cm³/mol. The Balaban J connectivity index is 1.44. The topological polar surface area (TPSA) is 104 Å². The van der Waals surface area contributed by atoms with Crippen molar-refractivity contribution in [2.24, 2.45) is 0 Å². The molecule has 0 aliphatic carbocycles. The van der Waals surface area contributed by atoms with Gasteiger partial charge in [0.2, 0.25) is 0 Å². The number of hydrogen-bond acceptors (Lipinski definition) is 7. The van der Waals surface area contributed by atoms with E-state index in [4.69, 9.17) is 18.6 Å². The smallest absolute Gasteiger partial charge is 0.349 e. The number of ether oxygens (including phenoxy) is 3. The SMILES string of the molecule is CCOc1ccc(/C=C/C(=O)OCCCNC(=O)c2cc3ccccc3oc2=O)cc1OCC. The molecule has 0 atom stereocenters. The van der Waals surface area contributed by atoms with Crippen molar-refractivity contribution in [3.05, 3.63) is 76.2 Å². The van der Waals surface area contributed by atoms with E-state index in [0.29, 0.717) is 42.1 Å². The van der Waals surface area contributed by atoms with Crippen LogP contribution >= 0.6 is 0 Å². The van der Waals surface area contributed by atoms with Gasteiger partial charge in [0.15, 0.2) is 11.5 Å². The molecule has 34 heavy (non-hydrogen) atoms. The lowest BCUT2D eigenvalue weighted by Crippen LogP contribution is -2.29. The minimum Gasteiger partial charge on any atom is -0.490 e. The van der Waals surface area contributed by atoms with Gasteiger partial charge in [0.05, 0.1) is 19.8 Å². The fourth-order valence-electron chi connectivity index (χ4n) is 3.15. The molecule has 1 amide bonds. The molecule has 0 fully saturated rings. The van der Waals surface area contributed by atoms with E-state index in [0.717, 1.165) is 5.56 Å². The molecular formula is C26H27NO7. The summed E-state index contributed by atoms with van der Waals surface area (Å²) in [5.41, 5.74) is 0.420. The Bertz CT molecular complexity index is 1230. The van der Waals surface area contributed by atoms with Crippen LogP contribution in [0.5, 0.6) is 11.5 Å². The molecule has 3 rings (SSSR count). The summed E-state index contributed by atoms with van der Waals surface area (Å²) >= 11 is 0. The van der Waals surface area contributed by atoms with Gasteiger partial charge in [0, 0.05) is 18.0 Å². The van der Waals surface area contributed by atoms with Gasteiger partial charge in [0.1, 0.15) is 11.1 Å². The molecule has 0 spiro atoms. The summed E-state index contributed by atoms with van der Waals surface area (Å²) in [6, 6.07) is 13.9. The molecule has 0 radical (unpaired) electrons. The van der Waals surface area contributed by atoms with Crippen LogP contribution in [0.3, 0.4) is 0 Å². The highest BCUT2D eigenvalue weighted by molar-refractivity contribution is 5.96. The van der Waals surface area contributed by atoms with Gasteiger partial charge in [-0.3, -0.25) is 4.79 Å². The Morgan fingerprint density at radius 1 is 1.00 bits per heavy atom. The number of esters is 1. The molecule has 8 heteroatoms. The zero-order valence-corrected chi connectivity index (χ0v) is 19.2. The highest BCUT2D eigenvalue weighted by atomic mass is 16.5. The molecule has 0 saturated heterocycles. The van der Waals surface area contributed by atoms with E-state index in [9.17, 15) is 14.4 Å². The third kappa shape index (κ3) is 6.71. The fraction of sp³-hybridized carbons (Fsp3) is 0.269. The maximum atomic E-state index is 12.3. The quantitative estimate of drug-likeness (QED) is 0.198. The minimum atomic E-state index is -0.699. The Morgan fingerprint density at radius 3 is 2.56 bits per heavy atom. The summed E-state index contributed by atoms with van der Waals surface area (Å²) in [4.78, 5) is 36.3. The lowest BCUT2D eigenvalue weighted by Gasteiger charge is -2.11. The number of hydrogen-bond donors (Lipinski definition) is 1. The number of para-hydroxylation sites is 1. The molecule has 0 saturated carbocycles. The zero-order valence-electron chi connectivity index (χ0n) is 19.2. The molecule has 2 aromatic carbocycles. The first-order valence-corrected chi connectivity index (χ1v) is 11.1. The van der Waals surface area contributed by atoms with Gasteiger partial charge in [-0.05, 0) is 56.2 Å². The average Bonchev–Trinajstić information content (AvgIpc) is 2.83. The van der Waals surface area contributed by atoms with Crippen LogP contribution in [0.4, 0.5) is 0 Å². The van der Waals surface area contributed by atoms with E-state index < -0.39 is 17.5 Å². The summed E-state index contributed by atoms with van der Waals surface area (Å²) in [6.45, 7) is 5.15. The standard InChI is InChI=1S/C26H27NO7/c1-3-31-22-12-10-18(16-23(22)32-4-2)11-13-24(28)33-15-7-14-27-25(29)20-17-19-8-5-6-9-21(19)34-26(20)30/h5-6,8-13,16-17H,3-4,7,14-15H2,1-2H3,(H,27,29)/b13-11+. The van der Waals surface area contributed by atoms with Crippen LogP contribution in [0.15, 0.2) is 63.8 Å². The summed E-state index contributed by atoms with van der Waals surface area (Å²) in [5, 5.41) is 3.30. The Hall–Kier alpha value is -4.07. The van der Waals surface area contributed by atoms with Gasteiger partial charge in [-0.1, -0.05) is 24.3 Å². The monoisotopic (exact) mass is 465 g/mol. The molecule has 0 unspecified atom stereocenters. The van der Waals surface area contributed by atoms with Crippen LogP contribution in [-0.4, -0.2) is 38.2 Å². The van der Waals surface area contributed by atoms with Crippen LogP contribution in [0.2, 0.25) is 0 Å². The van der Waals surface area contributed by atoms with Gasteiger partial charge in [-0.25, -0.2) is 9.59 Å². The van der Waals surface area contributed by atoms with Crippen molar-refractivity contribution in [3.8, 4) is 11.5 Å². The maximum Gasteiger partial charge on any atom is 0.349 e. The van der Waals surface area contributed by atoms with Crippen molar-refractivity contribution in [1.29, 1.82) is 0 Å². The molecule has 178 valence electrons. The fourth-order valence-corrected chi connectivity index (χ4v) is 3.15. The Labute approximate surface area is 197 Å². The predicted octanol–water partition coefficient (Wildman–Crippen LogP) is 3.97. The van der Waals surface area contributed by atoms with Crippen molar-refractivity contribution >= 4 is 28.9 Å². The van der Waals surface area contributed by atoms with Gasteiger partial charge in [-0.15, -0.1) is 0 Å². The number of nitrogens with one attached hydrogen (secondary N) is 1. The number of carbonyl (C=O) groups is 2. The second kappa shape index (κ2) is 12.2. The number of benzene rings is 2. The third-order valence-electron chi connectivity index (χ3n) is 4.72. The Morgan fingerprint density at radius 2 is 1.76 bits per heavy atom. The van der Waals surface area contributed by atoms with E-state index in [1.165, 1.54) is 12.1 Å². The second-order valence-electron chi connectivity index (χ2n) is 7.17. The van der Waals surface area contributed by atoms with E-state index >= 15 is 0 Å². The maximum absolute atomic E-state index is 12.3. The summed E-state index contributed by atoms with van der Waals surface area (Å²) in [5.74, 6) is 0.211. The lowest BCUT2D eigenvalue weighted by molar-refractivity contribution is -0.137. The number of amides is 1. The van der Waals surface area contributed by atoms with Crippen LogP contribution in [-0.2, 0) is 9.53 Å². The normalized spacial score (nSPS) is 10.9. The highest BCUT2D eigenvalue weighted by Crippen LogP contribution is 2.29. The van der Waals surface area contributed by atoms with Crippen molar-refractivity contribution < 1.29 is 28.2 Å². The Kier molecular flexibility index (Phi) is 8.85. The van der Waals surface area contributed by atoms with Crippen LogP contribution in [0.25, 0.3) is 17.0 Å². The first-order valence-electron chi connectivity index (χ1n) is 11.1. The summed E-state index contributed by atoms with van der Waals surface area (Å²) < 4.78 is 21.4. The van der Waals surface area contributed by atoms with Gasteiger partial charge < -0.3 is 23.9 Å². The first kappa shape index (κ1) is 24.6. The minimum absolute atomic E-state index is 0.0691. The van der Waals surface area contributed by atoms with Crippen molar-refractivity contribution in [2.75, 3.05) is 26.4 Å². The molecule has 0 aliphatic rings. The van der Waals surface area contributed by atoms with Crippen LogP contribution in [0.1, 0.15) is 36.2 Å². The molecule has 1 aromatic heterocycles. The molecule has 1 N–H and O–H groups in total. The lowest BCUT2D eigenvalue weighted by atomic mass is 10.2. The summed E-state index contributed by atoms with van der Waals surface area (Å²) in [7, 11) is 0. The number of rotatable bonds is 11. The van der Waals surface area contributed by atoms with Crippen molar-refractivity contribution in [1.82, 2.24) is 5.32 Å². The molecule has 0 aliphatic heterocycles. The summed E-state index contributed by atoms with van der Waals surface area (Å²) in [6.07, 6.45) is 3.34. The van der Waals surface area contributed by atoms with E-state index in [1.807, 2.05) is 19.9 Å². The van der Waals surface area contributed by atoms with Crippen molar-refractivity contribution in [3.63, 3.8) is 0 Å². The largest absolute Gasteiger partial charge is 0.490 e. The molecule has 8 nitrogen and oxygen atoms in total. The number of carbonyl (C=O) groups excluding carboxylic acids is 2. The molecule has 1 heterocycles. The zero-order chi connectivity index (χ0) is 24.3. The third-order valence-corrected chi connectivity index (χ3v) is 4.72. The molecule has 0 bridgehead atoms. The van der Waals surface area contributed by atoms with E-state index in [-0.39, 0.29) is 18.7 Å². The van der Waals surface area contributed by atoms with Crippen LogP contribution in [0, 0.1) is 0 Å². The van der Waals surface area contributed by atoms with Crippen LogP contribution < -0.4 is 20.4 Å². The van der Waals surface area contributed by atoms with E-state index in [1.54, 1.807) is 42.5 Å². The van der Waals surface area contributed by atoms with E-state index in [2.05, 4.69) is 5.32 Å². The van der Waals surface area contributed by atoms with Crippen molar-refractivity contribution in [2.45, 2.75) is 20.3 Å². The average molecular weight is 466 g/mol. The second-order valence-corrected chi connectivity index (χ2v) is 7.17. The van der Waals surface area contributed by atoms with Gasteiger partial charge in [0.25, 0.3) is 5.91 Å². The molecule has 3 aromatic rings. The molecular weight excluding hydrogens is 438 g/mol. The number of fused-ring (bicyclic) bond motifs is 1. The highest BCUT2D eigenvalue weighted by Gasteiger charge is 2.13. The van der Waals surface area contributed by atoms with Gasteiger partial charge >= 0.3 is 11.6 Å². The van der Waals surface area contributed by atoms with Gasteiger partial charge in [-0.2, -0.15) is 0 Å². The first-order chi connectivity index (χ1) is 16.5.